The Morgan fingerprint density at radius 2 is 2.00 bits per heavy atom. The van der Waals surface area contributed by atoms with Gasteiger partial charge >= 0.3 is 0 Å². The van der Waals surface area contributed by atoms with E-state index >= 15 is 0 Å². The van der Waals surface area contributed by atoms with E-state index in [-0.39, 0.29) is 5.91 Å². The van der Waals surface area contributed by atoms with Crippen LogP contribution in [0.5, 0.6) is 5.75 Å². The lowest BCUT2D eigenvalue weighted by molar-refractivity contribution is 0.102. The second kappa shape index (κ2) is 7.19. The zero-order valence-electron chi connectivity index (χ0n) is 13.1. The monoisotopic (exact) mass is 341 g/mol. The zero-order valence-corrected chi connectivity index (χ0v) is 13.8. The van der Waals surface area contributed by atoms with Crippen LogP contribution < -0.4 is 10.1 Å². The fourth-order valence-corrected chi connectivity index (χ4v) is 2.48. The van der Waals surface area contributed by atoms with E-state index in [1.165, 1.54) is 0 Å². The minimum atomic E-state index is -0.228. The van der Waals surface area contributed by atoms with E-state index in [1.54, 1.807) is 48.3 Å². The molecule has 0 saturated heterocycles. The summed E-state index contributed by atoms with van der Waals surface area (Å²) < 4.78 is 6.88. The Morgan fingerprint density at radius 3 is 2.71 bits per heavy atom. The summed E-state index contributed by atoms with van der Waals surface area (Å²) in [6, 6.07) is 16.3. The highest BCUT2D eigenvalue weighted by Gasteiger charge is 2.10. The number of carbonyl (C=O) groups is 1. The summed E-state index contributed by atoms with van der Waals surface area (Å²) >= 11 is 5.93. The maximum Gasteiger partial charge on any atom is 0.256 e. The number of rotatable bonds is 5. The zero-order chi connectivity index (χ0) is 16.9. The number of hydrogen-bond acceptors (Lipinski definition) is 3. The average Bonchev–Trinajstić information content (AvgIpc) is 3.02. The van der Waals surface area contributed by atoms with E-state index in [1.807, 2.05) is 24.3 Å². The Labute approximate surface area is 144 Å². The number of hydrogen-bond donors (Lipinski definition) is 1. The quantitative estimate of drug-likeness (QED) is 0.767. The topological polar surface area (TPSA) is 56.1 Å². The van der Waals surface area contributed by atoms with Crippen LogP contribution in [0.3, 0.4) is 0 Å². The Bertz CT molecular complexity index is 843. The van der Waals surface area contributed by atoms with E-state index in [0.29, 0.717) is 22.9 Å². The van der Waals surface area contributed by atoms with Crippen molar-refractivity contribution in [3.8, 4) is 5.75 Å². The van der Waals surface area contributed by atoms with Crippen molar-refractivity contribution in [2.45, 2.75) is 6.54 Å². The molecular formula is C18H16ClN3O2. The lowest BCUT2D eigenvalue weighted by atomic mass is 10.2. The van der Waals surface area contributed by atoms with Crippen molar-refractivity contribution in [2.75, 3.05) is 12.4 Å². The highest BCUT2D eigenvalue weighted by molar-refractivity contribution is 6.31. The van der Waals surface area contributed by atoms with Crippen LogP contribution in [0.1, 0.15) is 15.9 Å². The summed E-state index contributed by atoms with van der Waals surface area (Å²) in [7, 11) is 1.63. The summed E-state index contributed by atoms with van der Waals surface area (Å²) in [5.74, 6) is 1.19. The molecule has 5 nitrogen and oxygen atoms in total. The van der Waals surface area contributed by atoms with Crippen molar-refractivity contribution in [1.29, 1.82) is 0 Å². The Kier molecular flexibility index (Phi) is 4.82. The van der Waals surface area contributed by atoms with Crippen molar-refractivity contribution < 1.29 is 9.53 Å². The van der Waals surface area contributed by atoms with Crippen molar-refractivity contribution >= 4 is 23.3 Å². The third kappa shape index (κ3) is 3.75. The van der Waals surface area contributed by atoms with Gasteiger partial charge in [-0.1, -0.05) is 29.8 Å². The highest BCUT2D eigenvalue weighted by atomic mass is 35.5. The fraction of sp³-hybridized carbons (Fsp3) is 0.111. The molecule has 0 saturated carbocycles. The Balaban J connectivity index is 1.74. The predicted molar refractivity (Wildman–Crippen MR) is 93.7 cm³/mol. The number of carbonyl (C=O) groups excluding carboxylic acids is 1. The minimum Gasteiger partial charge on any atom is -0.497 e. The first-order valence-corrected chi connectivity index (χ1v) is 7.75. The average molecular weight is 342 g/mol. The molecular weight excluding hydrogens is 326 g/mol. The van der Waals surface area contributed by atoms with Gasteiger partial charge in [-0.15, -0.1) is 0 Å². The van der Waals surface area contributed by atoms with Gasteiger partial charge in [-0.05, 0) is 35.9 Å². The lowest BCUT2D eigenvalue weighted by Gasteiger charge is -2.10. The van der Waals surface area contributed by atoms with Gasteiger partial charge in [-0.3, -0.25) is 4.79 Å². The standard InChI is InChI=1S/C18H16ClN3O2/c1-24-16-7-5-13(6-8-16)12-22-17(9-10-20-22)21-18(23)14-3-2-4-15(19)11-14/h2-11H,12H2,1H3,(H,21,23). The van der Waals surface area contributed by atoms with Crippen molar-refractivity contribution in [2.24, 2.45) is 0 Å². The van der Waals surface area contributed by atoms with E-state index in [4.69, 9.17) is 16.3 Å². The molecule has 0 bridgehead atoms. The Morgan fingerprint density at radius 1 is 1.21 bits per heavy atom. The van der Waals surface area contributed by atoms with Crippen LogP contribution in [-0.2, 0) is 6.54 Å². The molecule has 1 heterocycles. The number of amides is 1. The van der Waals surface area contributed by atoms with E-state index in [9.17, 15) is 4.79 Å². The van der Waals surface area contributed by atoms with Crippen LogP contribution in [0, 0.1) is 0 Å². The molecule has 0 aliphatic carbocycles. The van der Waals surface area contributed by atoms with E-state index in [2.05, 4.69) is 10.4 Å². The van der Waals surface area contributed by atoms with Crippen LogP contribution in [0.2, 0.25) is 5.02 Å². The molecule has 1 amide bonds. The number of methoxy groups -OCH3 is 1. The van der Waals surface area contributed by atoms with Gasteiger partial charge < -0.3 is 10.1 Å². The van der Waals surface area contributed by atoms with Gasteiger partial charge in [0.05, 0.1) is 19.9 Å². The molecule has 6 heteroatoms. The second-order valence-corrected chi connectivity index (χ2v) is 5.62. The molecule has 2 aromatic carbocycles. The molecule has 0 aliphatic heterocycles. The normalized spacial score (nSPS) is 10.4. The molecule has 0 radical (unpaired) electrons. The van der Waals surface area contributed by atoms with Crippen LogP contribution in [0.4, 0.5) is 5.82 Å². The fourth-order valence-electron chi connectivity index (χ4n) is 2.29. The number of nitrogens with zero attached hydrogens (tertiary/aromatic N) is 2. The van der Waals surface area contributed by atoms with Gasteiger partial charge in [0, 0.05) is 16.7 Å². The number of anilines is 1. The van der Waals surface area contributed by atoms with Gasteiger partial charge in [-0.25, -0.2) is 4.68 Å². The molecule has 0 spiro atoms. The van der Waals surface area contributed by atoms with Crippen molar-refractivity contribution in [3.05, 3.63) is 76.9 Å². The molecule has 1 aromatic heterocycles. The number of halogens is 1. The largest absolute Gasteiger partial charge is 0.497 e. The molecule has 3 aromatic rings. The number of ether oxygens (including phenoxy) is 1. The molecule has 0 fully saturated rings. The number of nitrogens with one attached hydrogen (secondary N) is 1. The maximum atomic E-state index is 12.3. The van der Waals surface area contributed by atoms with Crippen LogP contribution in [0.15, 0.2) is 60.8 Å². The SMILES string of the molecule is COc1ccc(Cn2nccc2NC(=O)c2cccc(Cl)c2)cc1. The second-order valence-electron chi connectivity index (χ2n) is 5.19. The van der Waals surface area contributed by atoms with Gasteiger partial charge in [0.25, 0.3) is 5.91 Å². The summed E-state index contributed by atoms with van der Waals surface area (Å²) in [5.41, 5.74) is 1.55. The van der Waals surface area contributed by atoms with E-state index < -0.39 is 0 Å². The summed E-state index contributed by atoms with van der Waals surface area (Å²) in [4.78, 5) is 12.3. The van der Waals surface area contributed by atoms with E-state index in [0.717, 1.165) is 11.3 Å². The molecule has 0 aliphatic rings. The smallest absolute Gasteiger partial charge is 0.256 e. The molecule has 24 heavy (non-hydrogen) atoms. The first-order chi connectivity index (χ1) is 11.7. The number of benzene rings is 2. The number of aromatic nitrogens is 2. The molecule has 0 unspecified atom stereocenters. The van der Waals surface area contributed by atoms with Gasteiger partial charge in [0.2, 0.25) is 0 Å². The highest BCUT2D eigenvalue weighted by Crippen LogP contribution is 2.16. The van der Waals surface area contributed by atoms with Gasteiger partial charge in [0.15, 0.2) is 0 Å². The maximum absolute atomic E-state index is 12.3. The summed E-state index contributed by atoms with van der Waals surface area (Å²) in [6.45, 7) is 0.544. The third-order valence-corrected chi connectivity index (χ3v) is 3.77. The summed E-state index contributed by atoms with van der Waals surface area (Å²) in [6.07, 6.45) is 1.65. The molecule has 122 valence electrons. The molecule has 1 N–H and O–H groups in total. The summed E-state index contributed by atoms with van der Waals surface area (Å²) in [5, 5.41) is 7.64. The Hall–Kier alpha value is -2.79. The van der Waals surface area contributed by atoms with Crippen LogP contribution >= 0.6 is 11.6 Å². The molecule has 0 atom stereocenters. The predicted octanol–water partition coefficient (Wildman–Crippen LogP) is 3.85. The van der Waals surface area contributed by atoms with Crippen molar-refractivity contribution in [3.63, 3.8) is 0 Å². The first-order valence-electron chi connectivity index (χ1n) is 7.37. The van der Waals surface area contributed by atoms with Gasteiger partial charge in [0.1, 0.15) is 11.6 Å². The minimum absolute atomic E-state index is 0.228. The van der Waals surface area contributed by atoms with Gasteiger partial charge in [-0.2, -0.15) is 5.10 Å². The third-order valence-electron chi connectivity index (χ3n) is 3.54. The van der Waals surface area contributed by atoms with Crippen LogP contribution in [0.25, 0.3) is 0 Å². The van der Waals surface area contributed by atoms with Crippen molar-refractivity contribution in [1.82, 2.24) is 9.78 Å². The molecule has 3 rings (SSSR count). The van der Waals surface area contributed by atoms with Crippen LogP contribution in [-0.4, -0.2) is 22.8 Å². The first kappa shape index (κ1) is 16.1. The lowest BCUT2D eigenvalue weighted by Crippen LogP contribution is -2.16.